The third-order valence-electron chi connectivity index (χ3n) is 4.30. The van der Waals surface area contributed by atoms with Crippen LogP contribution in [0, 0.1) is 5.82 Å². The number of hydrogen-bond acceptors (Lipinski definition) is 7. The van der Waals surface area contributed by atoms with Crippen molar-refractivity contribution in [2.24, 2.45) is 0 Å². The second-order valence-electron chi connectivity index (χ2n) is 6.32. The largest absolute Gasteiger partial charge is 0.453 e. The number of hydrogen-bond donors (Lipinski definition) is 0. The first-order valence-electron chi connectivity index (χ1n) is 8.88. The first kappa shape index (κ1) is 18.6. The number of rotatable bonds is 6. The number of aryl methyl sites for hydroxylation is 1. The monoisotopic (exact) mass is 397 g/mol. The number of ether oxygens (including phenoxy) is 1. The molecule has 0 N–H and O–H groups in total. The summed E-state index contributed by atoms with van der Waals surface area (Å²) in [5.41, 5.74) is 1.62. The van der Waals surface area contributed by atoms with E-state index in [1.165, 1.54) is 28.8 Å². The fraction of sp³-hybridized carbons (Fsp3) is 0.200. The van der Waals surface area contributed by atoms with Gasteiger partial charge in [-0.15, -0.1) is 10.2 Å². The minimum Gasteiger partial charge on any atom is -0.453 e. The van der Waals surface area contributed by atoms with E-state index >= 15 is 0 Å². The number of aromatic nitrogens is 3. The Morgan fingerprint density at radius 2 is 1.90 bits per heavy atom. The van der Waals surface area contributed by atoms with Gasteiger partial charge in [-0.05, 0) is 43.3 Å². The molecule has 0 spiro atoms. The van der Waals surface area contributed by atoms with Crippen LogP contribution in [0.25, 0.3) is 22.6 Å². The number of nitrogens with zero attached hydrogens (tertiary/aromatic N) is 3. The van der Waals surface area contributed by atoms with Gasteiger partial charge >= 0.3 is 11.7 Å². The lowest BCUT2D eigenvalue weighted by molar-refractivity contribution is -0.149. The van der Waals surface area contributed by atoms with Crippen molar-refractivity contribution in [2.45, 2.75) is 26.0 Å². The second-order valence-corrected chi connectivity index (χ2v) is 6.32. The van der Waals surface area contributed by atoms with Gasteiger partial charge in [0, 0.05) is 12.1 Å². The summed E-state index contributed by atoms with van der Waals surface area (Å²) in [7, 11) is 0. The van der Waals surface area contributed by atoms with E-state index in [0.717, 1.165) is 0 Å². The van der Waals surface area contributed by atoms with E-state index in [1.54, 1.807) is 31.2 Å². The number of benzene rings is 2. The molecule has 0 unspecified atom stereocenters. The summed E-state index contributed by atoms with van der Waals surface area (Å²) in [6, 6.07) is 12.5. The van der Waals surface area contributed by atoms with E-state index in [4.69, 9.17) is 13.6 Å². The van der Waals surface area contributed by atoms with Gasteiger partial charge in [0.15, 0.2) is 11.7 Å². The average molecular weight is 397 g/mol. The van der Waals surface area contributed by atoms with Gasteiger partial charge in [0.25, 0.3) is 5.89 Å². The highest BCUT2D eigenvalue weighted by atomic mass is 19.1. The Balaban J connectivity index is 1.39. The minimum atomic E-state index is -0.776. The van der Waals surface area contributed by atoms with Crippen LogP contribution in [0.4, 0.5) is 4.39 Å². The summed E-state index contributed by atoms with van der Waals surface area (Å²) < 4.78 is 30.3. The minimum absolute atomic E-state index is 0.0350. The van der Waals surface area contributed by atoms with Gasteiger partial charge in [-0.2, -0.15) is 0 Å². The van der Waals surface area contributed by atoms with E-state index in [0.29, 0.717) is 16.7 Å². The zero-order valence-corrected chi connectivity index (χ0v) is 15.4. The normalized spacial score (nSPS) is 12.2. The Hall–Kier alpha value is -3.75. The molecular weight excluding hydrogens is 381 g/mol. The molecular formula is C20H16FN3O5. The summed E-state index contributed by atoms with van der Waals surface area (Å²) >= 11 is 0. The fourth-order valence-electron chi connectivity index (χ4n) is 2.84. The molecule has 4 aromatic rings. The molecule has 0 bridgehead atoms. The van der Waals surface area contributed by atoms with E-state index in [1.807, 2.05) is 0 Å². The van der Waals surface area contributed by atoms with Crippen LogP contribution in [0.5, 0.6) is 0 Å². The first-order valence-corrected chi connectivity index (χ1v) is 8.88. The van der Waals surface area contributed by atoms with Crippen molar-refractivity contribution in [3.63, 3.8) is 0 Å². The maximum atomic E-state index is 13.0. The number of halogens is 1. The molecule has 0 aliphatic heterocycles. The fourth-order valence-corrected chi connectivity index (χ4v) is 2.84. The number of fused-ring (bicyclic) bond motifs is 1. The molecule has 29 heavy (non-hydrogen) atoms. The standard InChI is InChI=1S/C20H16FN3O5/c1-12(18-22-23-19(29-18)13-6-8-14(21)9-7-13)27-17(25)10-11-24-15-4-2-3-5-16(15)28-20(24)26/h2-9,12H,10-11H2,1H3/t12-/m0/s1. The van der Waals surface area contributed by atoms with Gasteiger partial charge in [-0.25, -0.2) is 9.18 Å². The van der Waals surface area contributed by atoms with Gasteiger partial charge in [-0.1, -0.05) is 12.1 Å². The molecule has 0 saturated carbocycles. The highest BCUT2D eigenvalue weighted by Gasteiger charge is 2.20. The highest BCUT2D eigenvalue weighted by molar-refractivity contribution is 5.73. The maximum absolute atomic E-state index is 13.0. The summed E-state index contributed by atoms with van der Waals surface area (Å²) in [6.45, 7) is 1.71. The van der Waals surface area contributed by atoms with Crippen molar-refractivity contribution in [3.05, 3.63) is 70.8 Å². The molecule has 2 heterocycles. The highest BCUT2D eigenvalue weighted by Crippen LogP contribution is 2.23. The molecule has 4 rings (SSSR count). The Morgan fingerprint density at radius 3 is 2.69 bits per heavy atom. The molecule has 9 heteroatoms. The average Bonchev–Trinajstić information content (AvgIpc) is 3.31. The number of esters is 1. The number of oxazole rings is 1. The van der Waals surface area contributed by atoms with Crippen LogP contribution in [-0.4, -0.2) is 20.7 Å². The van der Waals surface area contributed by atoms with Crippen molar-refractivity contribution >= 4 is 17.1 Å². The summed E-state index contributed by atoms with van der Waals surface area (Å²) in [6.07, 6.45) is -0.811. The van der Waals surface area contributed by atoms with E-state index in [9.17, 15) is 14.0 Å². The molecule has 0 aliphatic carbocycles. The van der Waals surface area contributed by atoms with Gasteiger partial charge in [-0.3, -0.25) is 9.36 Å². The van der Waals surface area contributed by atoms with E-state index in [-0.39, 0.29) is 30.6 Å². The lowest BCUT2D eigenvalue weighted by Gasteiger charge is -2.09. The van der Waals surface area contributed by atoms with Crippen molar-refractivity contribution in [2.75, 3.05) is 0 Å². The second kappa shape index (κ2) is 7.70. The Morgan fingerprint density at radius 1 is 1.14 bits per heavy atom. The smallest absolute Gasteiger partial charge is 0.419 e. The Bertz CT molecular complexity index is 1210. The van der Waals surface area contributed by atoms with Crippen LogP contribution in [0.3, 0.4) is 0 Å². The molecule has 0 saturated heterocycles. The van der Waals surface area contributed by atoms with Gasteiger partial charge < -0.3 is 13.6 Å². The lowest BCUT2D eigenvalue weighted by atomic mass is 10.2. The van der Waals surface area contributed by atoms with Crippen molar-refractivity contribution in [1.82, 2.24) is 14.8 Å². The lowest BCUT2D eigenvalue weighted by Crippen LogP contribution is -2.18. The van der Waals surface area contributed by atoms with Gasteiger partial charge in [0.1, 0.15) is 5.82 Å². The molecule has 0 radical (unpaired) electrons. The van der Waals surface area contributed by atoms with Crippen LogP contribution < -0.4 is 5.76 Å². The SMILES string of the molecule is C[C@H](OC(=O)CCn1c(=O)oc2ccccc21)c1nnc(-c2ccc(F)cc2)o1. The third kappa shape index (κ3) is 3.93. The summed E-state index contributed by atoms with van der Waals surface area (Å²) in [5.74, 6) is -1.13. The van der Waals surface area contributed by atoms with Crippen molar-refractivity contribution in [1.29, 1.82) is 0 Å². The third-order valence-corrected chi connectivity index (χ3v) is 4.30. The van der Waals surface area contributed by atoms with Crippen LogP contribution >= 0.6 is 0 Å². The van der Waals surface area contributed by atoms with Crippen LogP contribution in [0.1, 0.15) is 25.3 Å². The quantitative estimate of drug-likeness (QED) is 0.459. The van der Waals surface area contributed by atoms with E-state index < -0.39 is 17.8 Å². The van der Waals surface area contributed by atoms with Crippen LogP contribution in [-0.2, 0) is 16.1 Å². The first-order chi connectivity index (χ1) is 14.0. The molecule has 1 atom stereocenters. The molecule has 0 aliphatic rings. The predicted molar refractivity (Wildman–Crippen MR) is 99.3 cm³/mol. The maximum Gasteiger partial charge on any atom is 0.419 e. The van der Waals surface area contributed by atoms with E-state index in [2.05, 4.69) is 10.2 Å². The molecule has 2 aromatic heterocycles. The number of para-hydroxylation sites is 2. The molecule has 0 amide bonds. The molecule has 148 valence electrons. The predicted octanol–water partition coefficient (Wildman–Crippen LogP) is 3.48. The van der Waals surface area contributed by atoms with Gasteiger partial charge in [0.05, 0.1) is 11.9 Å². The van der Waals surface area contributed by atoms with Crippen LogP contribution in [0.2, 0.25) is 0 Å². The molecule has 8 nitrogen and oxygen atoms in total. The zero-order valence-electron chi connectivity index (χ0n) is 15.4. The number of carbonyl (C=O) groups excluding carboxylic acids is 1. The van der Waals surface area contributed by atoms with Gasteiger partial charge in [0.2, 0.25) is 5.89 Å². The molecule has 0 fully saturated rings. The van der Waals surface area contributed by atoms with Crippen molar-refractivity contribution in [3.8, 4) is 11.5 Å². The summed E-state index contributed by atoms with van der Waals surface area (Å²) in [4.78, 5) is 24.1. The van der Waals surface area contributed by atoms with Crippen LogP contribution in [0.15, 0.2) is 62.2 Å². The molecule has 2 aromatic carbocycles. The van der Waals surface area contributed by atoms with Crippen molar-refractivity contribution < 1.29 is 22.8 Å². The topological polar surface area (TPSA) is 100 Å². The zero-order chi connectivity index (χ0) is 20.4. The number of carbonyl (C=O) groups is 1. The Kier molecular flexibility index (Phi) is 4.94. The summed E-state index contributed by atoms with van der Waals surface area (Å²) in [5, 5.41) is 7.76. The Labute approximate surface area is 163 Å².